The van der Waals surface area contributed by atoms with Gasteiger partial charge in [0.2, 0.25) is 0 Å². The van der Waals surface area contributed by atoms with Crippen LogP contribution in [0.4, 0.5) is 18.9 Å². The number of amides is 1. The van der Waals surface area contributed by atoms with E-state index in [1.54, 1.807) is 19.1 Å². The van der Waals surface area contributed by atoms with Crippen molar-refractivity contribution in [2.24, 2.45) is 0 Å². The van der Waals surface area contributed by atoms with Crippen molar-refractivity contribution in [1.29, 1.82) is 0 Å². The number of methoxy groups -OCH3 is 1. The molecule has 0 saturated carbocycles. The summed E-state index contributed by atoms with van der Waals surface area (Å²) in [5, 5.41) is 2.70. The van der Waals surface area contributed by atoms with Crippen molar-refractivity contribution < 1.29 is 32.2 Å². The Kier molecular flexibility index (Phi) is 6.57. The summed E-state index contributed by atoms with van der Waals surface area (Å²) in [6.07, 6.45) is -4.38. The molecule has 0 aliphatic rings. The first-order valence-corrected chi connectivity index (χ1v) is 7.93. The molecule has 5 nitrogen and oxygen atoms in total. The number of anilines is 1. The average Bonchev–Trinajstić information content (AvgIpc) is 2.62. The highest BCUT2D eigenvalue weighted by Crippen LogP contribution is 2.19. The quantitative estimate of drug-likeness (QED) is 0.765. The van der Waals surface area contributed by atoms with Crippen molar-refractivity contribution >= 4 is 17.6 Å². The number of rotatable bonds is 6. The summed E-state index contributed by atoms with van der Waals surface area (Å²) in [6, 6.07) is 10.8. The number of esters is 1. The second-order valence-electron chi connectivity index (χ2n) is 5.78. The number of alkyl halides is 3. The molecule has 0 unspecified atom stereocenters. The largest absolute Gasteiger partial charge is 0.465 e. The highest BCUT2D eigenvalue weighted by atomic mass is 19.4. The third kappa shape index (κ3) is 6.10. The number of nitrogens with one attached hydrogen (secondary N) is 1. The zero-order valence-corrected chi connectivity index (χ0v) is 14.7. The monoisotopic (exact) mass is 381 g/mol. The Morgan fingerprint density at radius 3 is 2.26 bits per heavy atom. The number of hydrogen-bond donors (Lipinski definition) is 1. The Balaban J connectivity index is 2.03. The Labute approximate surface area is 154 Å². The van der Waals surface area contributed by atoms with Gasteiger partial charge in [0.15, 0.2) is 0 Å². The number of hydrogen-bond acceptors (Lipinski definition) is 4. The molecular weight excluding hydrogens is 363 g/mol. The van der Waals surface area contributed by atoms with Crippen molar-refractivity contribution in [1.82, 2.24) is 0 Å². The first-order valence-electron chi connectivity index (χ1n) is 7.93. The van der Waals surface area contributed by atoms with Gasteiger partial charge in [-0.05, 0) is 42.3 Å². The summed E-state index contributed by atoms with van der Waals surface area (Å²) >= 11 is 0. The van der Waals surface area contributed by atoms with Gasteiger partial charge in [-0.15, -0.1) is 0 Å². The van der Waals surface area contributed by atoms with Gasteiger partial charge in [-0.3, -0.25) is 4.79 Å². The van der Waals surface area contributed by atoms with Crippen LogP contribution in [0.3, 0.4) is 0 Å². The van der Waals surface area contributed by atoms with Crippen LogP contribution in [0.1, 0.15) is 31.8 Å². The first-order chi connectivity index (χ1) is 12.7. The molecule has 0 heterocycles. The summed E-state index contributed by atoms with van der Waals surface area (Å²) in [6.45, 7) is 0.241. The molecule has 144 valence electrons. The van der Waals surface area contributed by atoms with E-state index in [0.29, 0.717) is 22.4 Å². The standard InChI is InChI=1S/C19H18F3NO4/c1-12-3-6-15(18(25)26-2)9-16(12)23-17(24)14-7-4-13(5-8-14)10-27-11-19(20,21)22/h3-9H,10-11H2,1-2H3,(H,23,24). The van der Waals surface area contributed by atoms with Crippen molar-refractivity contribution in [3.05, 3.63) is 64.7 Å². The maximum Gasteiger partial charge on any atom is 0.411 e. The van der Waals surface area contributed by atoms with Gasteiger partial charge in [0.1, 0.15) is 6.61 Å². The minimum absolute atomic E-state index is 0.207. The molecule has 2 aromatic rings. The van der Waals surface area contributed by atoms with Crippen LogP contribution in [0.25, 0.3) is 0 Å². The minimum Gasteiger partial charge on any atom is -0.465 e. The third-order valence-corrected chi connectivity index (χ3v) is 3.66. The van der Waals surface area contributed by atoms with Gasteiger partial charge in [-0.1, -0.05) is 18.2 Å². The van der Waals surface area contributed by atoms with E-state index in [4.69, 9.17) is 0 Å². The maximum absolute atomic E-state index is 12.4. The Morgan fingerprint density at radius 1 is 1.04 bits per heavy atom. The fourth-order valence-corrected chi connectivity index (χ4v) is 2.23. The van der Waals surface area contributed by atoms with Gasteiger partial charge in [0, 0.05) is 11.3 Å². The van der Waals surface area contributed by atoms with E-state index in [-0.39, 0.29) is 6.61 Å². The van der Waals surface area contributed by atoms with Crippen molar-refractivity contribution in [2.75, 3.05) is 19.0 Å². The minimum atomic E-state index is -4.38. The molecule has 0 aromatic heterocycles. The molecule has 0 spiro atoms. The lowest BCUT2D eigenvalue weighted by Crippen LogP contribution is -2.16. The molecule has 0 fully saturated rings. The second kappa shape index (κ2) is 8.68. The summed E-state index contributed by atoms with van der Waals surface area (Å²) in [7, 11) is 1.26. The predicted molar refractivity (Wildman–Crippen MR) is 92.6 cm³/mol. The Hall–Kier alpha value is -2.87. The Bertz CT molecular complexity index is 817. The number of aryl methyl sites for hydroxylation is 1. The molecule has 2 aromatic carbocycles. The van der Waals surface area contributed by atoms with E-state index >= 15 is 0 Å². The van der Waals surface area contributed by atoms with Crippen molar-refractivity contribution in [3.8, 4) is 0 Å². The number of carbonyl (C=O) groups is 2. The molecule has 1 amide bonds. The summed E-state index contributed by atoms with van der Waals surface area (Å²) < 4.78 is 45.4. The van der Waals surface area contributed by atoms with Crippen LogP contribution in [-0.2, 0) is 16.1 Å². The molecule has 0 aliphatic heterocycles. The molecule has 0 radical (unpaired) electrons. The smallest absolute Gasteiger partial charge is 0.411 e. The third-order valence-electron chi connectivity index (χ3n) is 3.66. The van der Waals surface area contributed by atoms with Crippen LogP contribution >= 0.6 is 0 Å². The van der Waals surface area contributed by atoms with E-state index < -0.39 is 24.7 Å². The topological polar surface area (TPSA) is 64.6 Å². The highest BCUT2D eigenvalue weighted by Gasteiger charge is 2.27. The fraction of sp³-hybridized carbons (Fsp3) is 0.263. The van der Waals surface area contributed by atoms with Crippen LogP contribution in [-0.4, -0.2) is 31.8 Å². The number of halogens is 3. The lowest BCUT2D eigenvalue weighted by molar-refractivity contribution is -0.176. The lowest BCUT2D eigenvalue weighted by atomic mass is 10.1. The van der Waals surface area contributed by atoms with Gasteiger partial charge < -0.3 is 14.8 Å². The zero-order chi connectivity index (χ0) is 20.0. The molecule has 8 heteroatoms. The molecule has 1 N–H and O–H groups in total. The van der Waals surface area contributed by atoms with Gasteiger partial charge >= 0.3 is 12.1 Å². The summed E-state index contributed by atoms with van der Waals surface area (Å²) in [5.41, 5.74) is 2.35. The molecule has 0 atom stereocenters. The van der Waals surface area contributed by atoms with Gasteiger partial charge in [0.05, 0.1) is 19.3 Å². The summed E-state index contributed by atoms with van der Waals surface area (Å²) in [5.74, 6) is -0.934. The van der Waals surface area contributed by atoms with E-state index in [0.717, 1.165) is 5.56 Å². The Morgan fingerprint density at radius 2 is 1.67 bits per heavy atom. The van der Waals surface area contributed by atoms with Crippen molar-refractivity contribution in [3.63, 3.8) is 0 Å². The first kappa shape index (κ1) is 20.4. The van der Waals surface area contributed by atoms with Crippen LogP contribution in [0.15, 0.2) is 42.5 Å². The molecule has 0 saturated heterocycles. The van der Waals surface area contributed by atoms with E-state index in [9.17, 15) is 22.8 Å². The zero-order valence-electron chi connectivity index (χ0n) is 14.7. The molecule has 0 aliphatic carbocycles. The predicted octanol–water partition coefficient (Wildman–Crippen LogP) is 4.11. The van der Waals surface area contributed by atoms with Crippen LogP contribution < -0.4 is 5.32 Å². The van der Waals surface area contributed by atoms with Crippen molar-refractivity contribution in [2.45, 2.75) is 19.7 Å². The van der Waals surface area contributed by atoms with Crippen LogP contribution in [0, 0.1) is 6.92 Å². The van der Waals surface area contributed by atoms with E-state index in [2.05, 4.69) is 14.8 Å². The molecule has 27 heavy (non-hydrogen) atoms. The number of benzene rings is 2. The average molecular weight is 381 g/mol. The van der Waals surface area contributed by atoms with Gasteiger partial charge in [-0.2, -0.15) is 13.2 Å². The van der Waals surface area contributed by atoms with Gasteiger partial charge in [-0.25, -0.2) is 4.79 Å². The van der Waals surface area contributed by atoms with Crippen LogP contribution in [0.2, 0.25) is 0 Å². The highest BCUT2D eigenvalue weighted by molar-refractivity contribution is 6.05. The van der Waals surface area contributed by atoms with E-state index in [1.165, 1.54) is 37.4 Å². The van der Waals surface area contributed by atoms with E-state index in [1.807, 2.05) is 0 Å². The summed E-state index contributed by atoms with van der Waals surface area (Å²) in [4.78, 5) is 24.0. The van der Waals surface area contributed by atoms with Gasteiger partial charge in [0.25, 0.3) is 5.91 Å². The molecule has 0 bridgehead atoms. The number of ether oxygens (including phenoxy) is 2. The fourth-order valence-electron chi connectivity index (χ4n) is 2.23. The maximum atomic E-state index is 12.4. The van der Waals surface area contributed by atoms with Crippen LogP contribution in [0.5, 0.6) is 0 Å². The second-order valence-corrected chi connectivity index (χ2v) is 5.78. The number of carbonyl (C=O) groups excluding carboxylic acids is 2. The SMILES string of the molecule is COC(=O)c1ccc(C)c(NC(=O)c2ccc(COCC(F)(F)F)cc2)c1. The molecular formula is C19H18F3NO4. The lowest BCUT2D eigenvalue weighted by Gasteiger charge is -2.11. The normalized spacial score (nSPS) is 11.1. The molecule has 2 rings (SSSR count).